The van der Waals surface area contributed by atoms with E-state index in [0.717, 1.165) is 12.0 Å². The van der Waals surface area contributed by atoms with Gasteiger partial charge in [-0.1, -0.05) is 25.1 Å². The third kappa shape index (κ3) is 3.15. The Labute approximate surface area is 106 Å². The maximum atomic E-state index is 9.06. The molecule has 0 radical (unpaired) electrons. The maximum absolute atomic E-state index is 9.06. The van der Waals surface area contributed by atoms with Crippen LogP contribution in [0.1, 0.15) is 19.2 Å². The van der Waals surface area contributed by atoms with Crippen LogP contribution in [0.4, 0.5) is 0 Å². The summed E-state index contributed by atoms with van der Waals surface area (Å²) >= 11 is 0. The van der Waals surface area contributed by atoms with Crippen LogP contribution in [-0.4, -0.2) is 28.0 Å². The molecule has 0 aliphatic rings. The molecule has 0 saturated heterocycles. The fourth-order valence-corrected chi connectivity index (χ4v) is 1.59. The van der Waals surface area contributed by atoms with E-state index in [1.807, 2.05) is 37.3 Å². The van der Waals surface area contributed by atoms with E-state index in [0.29, 0.717) is 18.3 Å². The lowest BCUT2D eigenvalue weighted by Gasteiger charge is -2.11. The Bertz CT molecular complexity index is 466. The minimum Gasteiger partial charge on any atom is -0.419 e. The number of hydrogen-bond donors (Lipinski definition) is 2. The molecule has 96 valence electrons. The number of hydrogen-bond acceptors (Lipinski definition) is 5. The van der Waals surface area contributed by atoms with Gasteiger partial charge in [-0.25, -0.2) is 0 Å². The minimum atomic E-state index is 0.0667. The number of benzene rings is 1. The van der Waals surface area contributed by atoms with Crippen molar-refractivity contribution in [1.29, 1.82) is 0 Å². The Morgan fingerprint density at radius 3 is 2.72 bits per heavy atom. The lowest BCUT2D eigenvalue weighted by atomic mass is 10.2. The highest BCUT2D eigenvalue weighted by molar-refractivity contribution is 5.51. The third-order valence-corrected chi connectivity index (χ3v) is 2.74. The molecule has 2 N–H and O–H groups in total. The first-order chi connectivity index (χ1) is 8.83. The zero-order valence-electron chi connectivity index (χ0n) is 10.3. The van der Waals surface area contributed by atoms with E-state index < -0.39 is 0 Å². The predicted octanol–water partition coefficient (Wildman–Crippen LogP) is 1.60. The number of aromatic nitrogens is 2. The van der Waals surface area contributed by atoms with Crippen LogP contribution in [0.15, 0.2) is 34.7 Å². The summed E-state index contributed by atoms with van der Waals surface area (Å²) in [6, 6.07) is 9.71. The van der Waals surface area contributed by atoms with Gasteiger partial charge in [-0.3, -0.25) is 0 Å². The van der Waals surface area contributed by atoms with Crippen molar-refractivity contribution in [3.05, 3.63) is 36.2 Å². The van der Waals surface area contributed by atoms with Gasteiger partial charge in [0.2, 0.25) is 11.8 Å². The third-order valence-electron chi connectivity index (χ3n) is 2.74. The molecule has 0 fully saturated rings. The Morgan fingerprint density at radius 2 is 2.06 bits per heavy atom. The van der Waals surface area contributed by atoms with E-state index in [-0.39, 0.29) is 12.6 Å². The molecular formula is C13H17N3O2. The molecule has 0 bridgehead atoms. The van der Waals surface area contributed by atoms with E-state index in [1.165, 1.54) is 0 Å². The van der Waals surface area contributed by atoms with Gasteiger partial charge in [-0.05, 0) is 18.6 Å². The van der Waals surface area contributed by atoms with Gasteiger partial charge in [0.1, 0.15) is 0 Å². The fraction of sp³-hybridized carbons (Fsp3) is 0.385. The monoisotopic (exact) mass is 247 g/mol. The van der Waals surface area contributed by atoms with Gasteiger partial charge >= 0.3 is 0 Å². The topological polar surface area (TPSA) is 71.2 Å². The van der Waals surface area contributed by atoms with Gasteiger partial charge in [-0.15, -0.1) is 10.2 Å². The van der Waals surface area contributed by atoms with Crippen LogP contribution in [0.3, 0.4) is 0 Å². The molecule has 1 heterocycles. The van der Waals surface area contributed by atoms with Gasteiger partial charge in [0.25, 0.3) is 0 Å². The molecule has 1 atom stereocenters. The quantitative estimate of drug-likeness (QED) is 0.811. The van der Waals surface area contributed by atoms with E-state index in [2.05, 4.69) is 15.5 Å². The van der Waals surface area contributed by atoms with Crippen molar-refractivity contribution in [2.75, 3.05) is 6.61 Å². The molecule has 2 aromatic rings. The number of nitrogens with zero attached hydrogens (tertiary/aromatic N) is 2. The van der Waals surface area contributed by atoms with Crippen molar-refractivity contribution in [3.8, 4) is 11.5 Å². The summed E-state index contributed by atoms with van der Waals surface area (Å²) in [5.74, 6) is 1.05. The first-order valence-corrected chi connectivity index (χ1v) is 6.05. The minimum absolute atomic E-state index is 0.0667. The average molecular weight is 247 g/mol. The molecule has 0 amide bonds. The van der Waals surface area contributed by atoms with Crippen molar-refractivity contribution in [3.63, 3.8) is 0 Å². The molecule has 0 spiro atoms. The molecule has 1 aromatic heterocycles. The smallest absolute Gasteiger partial charge is 0.247 e. The van der Waals surface area contributed by atoms with Crippen LogP contribution in [-0.2, 0) is 6.54 Å². The van der Waals surface area contributed by atoms with Crippen LogP contribution in [0.2, 0.25) is 0 Å². The lowest BCUT2D eigenvalue weighted by molar-refractivity contribution is 0.235. The van der Waals surface area contributed by atoms with Gasteiger partial charge in [-0.2, -0.15) is 0 Å². The summed E-state index contributed by atoms with van der Waals surface area (Å²) in [5.41, 5.74) is 0.908. The fourth-order valence-electron chi connectivity index (χ4n) is 1.59. The van der Waals surface area contributed by atoms with Crippen molar-refractivity contribution in [1.82, 2.24) is 15.5 Å². The number of aliphatic hydroxyl groups is 1. The molecule has 18 heavy (non-hydrogen) atoms. The maximum Gasteiger partial charge on any atom is 0.247 e. The van der Waals surface area contributed by atoms with Crippen molar-refractivity contribution >= 4 is 0 Å². The van der Waals surface area contributed by atoms with E-state index in [9.17, 15) is 0 Å². The standard InChI is InChI=1S/C13H17N3O2/c1-2-11(9-17)14-8-12-15-16-13(18-12)10-6-4-3-5-7-10/h3-7,11,14,17H,2,8-9H2,1H3/t11-/m0/s1. The highest BCUT2D eigenvalue weighted by atomic mass is 16.4. The average Bonchev–Trinajstić information content (AvgIpc) is 2.90. The molecule has 0 unspecified atom stereocenters. The highest BCUT2D eigenvalue weighted by Gasteiger charge is 2.09. The zero-order chi connectivity index (χ0) is 12.8. The summed E-state index contributed by atoms with van der Waals surface area (Å²) in [4.78, 5) is 0. The molecule has 2 rings (SSSR count). The highest BCUT2D eigenvalue weighted by Crippen LogP contribution is 2.16. The van der Waals surface area contributed by atoms with Crippen LogP contribution in [0.25, 0.3) is 11.5 Å². The van der Waals surface area contributed by atoms with Gasteiger partial charge in [0.15, 0.2) is 0 Å². The van der Waals surface area contributed by atoms with Gasteiger partial charge < -0.3 is 14.8 Å². The number of nitrogens with one attached hydrogen (secondary N) is 1. The van der Waals surface area contributed by atoms with E-state index in [1.54, 1.807) is 0 Å². The first-order valence-electron chi connectivity index (χ1n) is 6.05. The van der Waals surface area contributed by atoms with E-state index >= 15 is 0 Å². The molecule has 5 nitrogen and oxygen atoms in total. The van der Waals surface area contributed by atoms with Crippen LogP contribution >= 0.6 is 0 Å². The second-order valence-electron chi connectivity index (χ2n) is 4.04. The summed E-state index contributed by atoms with van der Waals surface area (Å²) in [5, 5.41) is 20.2. The van der Waals surface area contributed by atoms with E-state index in [4.69, 9.17) is 9.52 Å². The Morgan fingerprint density at radius 1 is 1.28 bits per heavy atom. The Hall–Kier alpha value is -1.72. The molecule has 0 aliphatic carbocycles. The predicted molar refractivity (Wildman–Crippen MR) is 67.7 cm³/mol. The summed E-state index contributed by atoms with van der Waals surface area (Å²) < 4.78 is 5.54. The second-order valence-corrected chi connectivity index (χ2v) is 4.04. The summed E-state index contributed by atoms with van der Waals surface area (Å²) in [7, 11) is 0. The molecule has 0 saturated carbocycles. The SMILES string of the molecule is CC[C@@H](CO)NCc1nnc(-c2ccccc2)o1. The normalized spacial score (nSPS) is 12.6. The second kappa shape index (κ2) is 6.28. The Balaban J connectivity index is 1.98. The molecule has 1 aromatic carbocycles. The van der Waals surface area contributed by atoms with Gasteiger partial charge in [0.05, 0.1) is 13.2 Å². The lowest BCUT2D eigenvalue weighted by Crippen LogP contribution is -2.31. The first kappa shape index (κ1) is 12.7. The van der Waals surface area contributed by atoms with Crippen LogP contribution < -0.4 is 5.32 Å². The molecule has 5 heteroatoms. The van der Waals surface area contributed by atoms with Crippen LogP contribution in [0.5, 0.6) is 0 Å². The Kier molecular flexibility index (Phi) is 4.44. The largest absolute Gasteiger partial charge is 0.419 e. The van der Waals surface area contributed by atoms with Crippen molar-refractivity contribution in [2.24, 2.45) is 0 Å². The van der Waals surface area contributed by atoms with Crippen molar-refractivity contribution in [2.45, 2.75) is 25.9 Å². The molecule has 0 aliphatic heterocycles. The molecular weight excluding hydrogens is 230 g/mol. The van der Waals surface area contributed by atoms with Crippen LogP contribution in [0, 0.1) is 0 Å². The number of rotatable bonds is 6. The van der Waals surface area contributed by atoms with Gasteiger partial charge in [0, 0.05) is 11.6 Å². The zero-order valence-corrected chi connectivity index (χ0v) is 10.3. The summed E-state index contributed by atoms with van der Waals surface area (Å²) in [6.07, 6.45) is 0.857. The van der Waals surface area contributed by atoms with Crippen molar-refractivity contribution < 1.29 is 9.52 Å². The summed E-state index contributed by atoms with van der Waals surface area (Å²) in [6.45, 7) is 2.59. The number of aliphatic hydroxyl groups excluding tert-OH is 1.